The quantitative estimate of drug-likeness (QED) is 0.543. The molecule has 12 heteroatoms. The fraction of sp³-hybridized carbons (Fsp3) is 0.286. The van der Waals surface area contributed by atoms with Crippen LogP contribution in [0.3, 0.4) is 0 Å². The summed E-state index contributed by atoms with van der Waals surface area (Å²) in [6.07, 6.45) is 0.465. The van der Waals surface area contributed by atoms with Crippen molar-refractivity contribution in [3.8, 4) is 23.0 Å². The van der Waals surface area contributed by atoms with Gasteiger partial charge >= 0.3 is 11.3 Å². The number of hydrogen-bond acceptors (Lipinski definition) is 6. The molecule has 3 rings (SSSR count). The van der Waals surface area contributed by atoms with Crippen LogP contribution in [0.5, 0.6) is 11.8 Å². The van der Waals surface area contributed by atoms with E-state index in [4.69, 9.17) is 4.74 Å². The Morgan fingerprint density at radius 1 is 1.15 bits per heavy atom. The second-order valence-electron chi connectivity index (χ2n) is 7.33. The maximum absolute atomic E-state index is 14.3. The van der Waals surface area contributed by atoms with E-state index in [1.807, 2.05) is 0 Å². The summed E-state index contributed by atoms with van der Waals surface area (Å²) < 4.78 is 74.9. The van der Waals surface area contributed by atoms with Crippen molar-refractivity contribution in [3.05, 3.63) is 63.8 Å². The van der Waals surface area contributed by atoms with E-state index < -0.39 is 39.3 Å². The van der Waals surface area contributed by atoms with Crippen LogP contribution in [0.15, 0.2) is 41.3 Å². The summed E-state index contributed by atoms with van der Waals surface area (Å²) in [6.45, 7) is 4.16. The van der Waals surface area contributed by atoms with E-state index >= 15 is 0 Å². The molecule has 0 unspecified atom stereocenters. The van der Waals surface area contributed by atoms with Crippen molar-refractivity contribution in [2.24, 2.45) is 7.05 Å². The summed E-state index contributed by atoms with van der Waals surface area (Å²) in [5.41, 5.74) is 0.914. The van der Waals surface area contributed by atoms with Gasteiger partial charge in [-0.15, -0.1) is 0 Å². The van der Waals surface area contributed by atoms with Gasteiger partial charge in [-0.3, -0.25) is 9.52 Å². The summed E-state index contributed by atoms with van der Waals surface area (Å²) in [5, 5.41) is -4.06. The molecule has 8 nitrogen and oxygen atoms in total. The number of nitrogens with zero attached hydrogens (tertiary/aromatic N) is 3. The number of aryl methyl sites for hydroxylation is 3. The molecule has 3 aromatic rings. The second kappa shape index (κ2) is 8.85. The molecule has 2 heterocycles. The Bertz CT molecular complexity index is 1330. The van der Waals surface area contributed by atoms with Crippen LogP contribution in [0.1, 0.15) is 24.5 Å². The summed E-state index contributed by atoms with van der Waals surface area (Å²) in [7, 11) is -3.64. The molecule has 0 bridgehead atoms. The van der Waals surface area contributed by atoms with Crippen LogP contribution in [0, 0.1) is 19.7 Å². The zero-order chi connectivity index (χ0) is 24.6. The maximum Gasteiger partial charge on any atom is 0.363 e. The molecule has 0 saturated carbocycles. The molecule has 176 valence electrons. The van der Waals surface area contributed by atoms with Gasteiger partial charge in [-0.2, -0.15) is 18.7 Å². The number of alkyl halides is 2. The topological polar surface area (TPSA) is 103 Å². The van der Waals surface area contributed by atoms with Gasteiger partial charge in [0.1, 0.15) is 5.82 Å². The van der Waals surface area contributed by atoms with Gasteiger partial charge in [0.25, 0.3) is 15.6 Å². The number of ether oxygens (including phenoxy) is 1. The third kappa shape index (κ3) is 5.00. The van der Waals surface area contributed by atoms with E-state index in [1.165, 1.54) is 29.9 Å². The van der Waals surface area contributed by atoms with Gasteiger partial charge in [-0.05, 0) is 31.5 Å². The minimum Gasteiger partial charge on any atom is -0.421 e. The Labute approximate surface area is 188 Å². The van der Waals surface area contributed by atoms with Gasteiger partial charge in [-0.1, -0.05) is 19.1 Å². The van der Waals surface area contributed by atoms with Gasteiger partial charge in [0.05, 0.1) is 5.69 Å². The maximum atomic E-state index is 14.3. The number of sulfonamides is 1. The van der Waals surface area contributed by atoms with Crippen LogP contribution < -0.4 is 15.0 Å². The molecule has 0 radical (unpaired) electrons. The Morgan fingerprint density at radius 3 is 2.45 bits per heavy atom. The average Bonchev–Trinajstić information content (AvgIpc) is 2.73. The van der Waals surface area contributed by atoms with Gasteiger partial charge in [0, 0.05) is 36.9 Å². The lowest BCUT2D eigenvalue weighted by molar-refractivity contribution is 0.0886. The molecule has 0 aliphatic carbocycles. The molecule has 1 aromatic carbocycles. The fourth-order valence-corrected chi connectivity index (χ4v) is 3.84. The number of para-hydroxylation sites is 1. The summed E-state index contributed by atoms with van der Waals surface area (Å²) in [6, 6.07) is 6.31. The van der Waals surface area contributed by atoms with Crippen LogP contribution >= 0.6 is 0 Å². The van der Waals surface area contributed by atoms with Gasteiger partial charge in [0.2, 0.25) is 0 Å². The largest absolute Gasteiger partial charge is 0.421 e. The number of rotatable bonds is 7. The number of halogens is 3. The summed E-state index contributed by atoms with van der Waals surface area (Å²) >= 11 is 0. The lowest BCUT2D eigenvalue weighted by Gasteiger charge is -2.17. The van der Waals surface area contributed by atoms with Gasteiger partial charge in [-0.25, -0.2) is 12.8 Å². The molecule has 0 spiro atoms. The summed E-state index contributed by atoms with van der Waals surface area (Å²) in [4.78, 5) is 20.0. The Kier molecular flexibility index (Phi) is 6.50. The number of aromatic nitrogens is 3. The van der Waals surface area contributed by atoms with Crippen molar-refractivity contribution < 1.29 is 26.3 Å². The molecule has 0 saturated heterocycles. The highest BCUT2D eigenvalue weighted by atomic mass is 32.2. The first-order valence-corrected chi connectivity index (χ1v) is 11.2. The van der Waals surface area contributed by atoms with Crippen LogP contribution in [-0.4, -0.2) is 28.2 Å². The van der Waals surface area contributed by atoms with Crippen molar-refractivity contribution in [1.82, 2.24) is 14.5 Å². The molecule has 0 amide bonds. The van der Waals surface area contributed by atoms with Crippen LogP contribution in [-0.2, 0) is 17.1 Å². The normalized spacial score (nSPS) is 12.0. The van der Waals surface area contributed by atoms with Crippen molar-refractivity contribution in [1.29, 1.82) is 0 Å². The van der Waals surface area contributed by atoms with Crippen molar-refractivity contribution in [3.63, 3.8) is 0 Å². The number of hydrogen-bond donors (Lipinski definition) is 1. The fourth-order valence-electron chi connectivity index (χ4n) is 2.93. The molecule has 33 heavy (non-hydrogen) atoms. The molecular formula is C21H21F3N4O4S. The van der Waals surface area contributed by atoms with Crippen LogP contribution in [0.4, 0.5) is 19.0 Å². The van der Waals surface area contributed by atoms with E-state index in [-0.39, 0.29) is 17.0 Å². The Morgan fingerprint density at radius 2 is 1.85 bits per heavy atom. The van der Waals surface area contributed by atoms with E-state index in [1.54, 1.807) is 24.6 Å². The zero-order valence-corrected chi connectivity index (χ0v) is 19.0. The first-order chi connectivity index (χ1) is 15.3. The second-order valence-corrected chi connectivity index (χ2v) is 9.14. The summed E-state index contributed by atoms with van der Waals surface area (Å²) in [5.74, 6) is -1.44. The molecule has 0 aliphatic heterocycles. The molecule has 0 fully saturated rings. The van der Waals surface area contributed by atoms with E-state index in [0.717, 1.165) is 19.1 Å². The zero-order valence-electron chi connectivity index (χ0n) is 18.2. The molecule has 0 atom stereocenters. The monoisotopic (exact) mass is 482 g/mol. The average molecular weight is 482 g/mol. The minimum absolute atomic E-state index is 0.0604. The van der Waals surface area contributed by atoms with Crippen molar-refractivity contribution in [2.75, 3.05) is 4.72 Å². The third-order valence-corrected chi connectivity index (χ3v) is 6.32. The number of nitrogens with one attached hydrogen (secondary N) is 1. The Balaban J connectivity index is 2.17. The van der Waals surface area contributed by atoms with Crippen molar-refractivity contribution in [2.45, 2.75) is 32.4 Å². The highest BCUT2D eigenvalue weighted by Gasteiger charge is 2.43. The third-order valence-electron chi connectivity index (χ3n) is 4.76. The number of pyridine rings is 1. The predicted octanol–water partition coefficient (Wildman–Crippen LogP) is 4.14. The molecule has 0 aliphatic rings. The SMILES string of the molecule is CCC(F)(F)S(=O)(=O)Nc1cc(-c2cc(C)c(=O)n(C)c2)nc(Oc2c(C)cccc2F)n1. The van der Waals surface area contributed by atoms with Crippen molar-refractivity contribution >= 4 is 15.8 Å². The van der Waals surface area contributed by atoms with Gasteiger partial charge in [0.15, 0.2) is 11.6 Å². The molecular weight excluding hydrogens is 461 g/mol. The lowest BCUT2D eigenvalue weighted by atomic mass is 10.1. The molecule has 2 aromatic heterocycles. The smallest absolute Gasteiger partial charge is 0.363 e. The standard InChI is InChI=1S/C21H21F3N4O4S/c1-5-21(23,24)33(30,31)27-17-10-16(14-9-13(3)19(29)28(4)11-14)25-20(26-17)32-18-12(2)7-6-8-15(18)22/h6-11H,5H2,1-4H3,(H,25,26,27). The first kappa shape index (κ1) is 24.2. The van der Waals surface area contributed by atoms with Gasteiger partial charge < -0.3 is 9.30 Å². The van der Waals surface area contributed by atoms with E-state index in [0.29, 0.717) is 16.7 Å². The van der Waals surface area contributed by atoms with Crippen LogP contribution in [0.25, 0.3) is 11.3 Å². The minimum atomic E-state index is -5.15. The Hall–Kier alpha value is -3.41. The van der Waals surface area contributed by atoms with E-state index in [9.17, 15) is 26.4 Å². The molecule has 1 N–H and O–H groups in total. The first-order valence-electron chi connectivity index (χ1n) is 9.74. The number of anilines is 1. The highest BCUT2D eigenvalue weighted by Crippen LogP contribution is 2.31. The lowest BCUT2D eigenvalue weighted by Crippen LogP contribution is -2.34. The highest BCUT2D eigenvalue weighted by molar-refractivity contribution is 7.93. The van der Waals surface area contributed by atoms with E-state index in [2.05, 4.69) is 9.97 Å². The predicted molar refractivity (Wildman–Crippen MR) is 116 cm³/mol. The van der Waals surface area contributed by atoms with Crippen LogP contribution in [0.2, 0.25) is 0 Å². The number of benzene rings is 1.